The topological polar surface area (TPSA) is 120 Å². The van der Waals surface area contributed by atoms with Gasteiger partial charge in [-0.05, 0) is 31.9 Å². The van der Waals surface area contributed by atoms with Crippen LogP contribution in [0.5, 0.6) is 5.75 Å². The molecule has 1 aliphatic heterocycles. The minimum atomic E-state index is -1.13. The Morgan fingerprint density at radius 1 is 1.32 bits per heavy atom. The molecule has 1 heterocycles. The fraction of sp³-hybridized carbons (Fsp3) is 0.438. The summed E-state index contributed by atoms with van der Waals surface area (Å²) in [5, 5.41) is 11.2. The number of nitrogens with one attached hydrogen (secondary N) is 3. The van der Waals surface area contributed by atoms with Crippen molar-refractivity contribution < 1.29 is 24.2 Å². The predicted molar refractivity (Wildman–Crippen MR) is 90.1 cm³/mol. The number of urea groups is 1. The van der Waals surface area contributed by atoms with Gasteiger partial charge in [-0.25, -0.2) is 4.79 Å². The van der Waals surface area contributed by atoms with Crippen molar-refractivity contribution >= 4 is 23.6 Å². The molecule has 0 radical (unpaired) electrons. The van der Waals surface area contributed by atoms with Crippen molar-refractivity contribution in [1.82, 2.24) is 15.6 Å². The lowest BCUT2D eigenvalue weighted by molar-refractivity contribution is -0.138. The van der Waals surface area contributed by atoms with E-state index in [2.05, 4.69) is 16.2 Å². The van der Waals surface area contributed by atoms with E-state index in [-0.39, 0.29) is 5.91 Å². The molecule has 9 heteroatoms. The quantitative estimate of drug-likeness (QED) is 0.563. The summed E-state index contributed by atoms with van der Waals surface area (Å²) in [6.45, 7) is 1.76. The highest BCUT2D eigenvalue weighted by molar-refractivity contribution is 5.89. The van der Waals surface area contributed by atoms with Gasteiger partial charge in [0.15, 0.2) is 0 Å². The zero-order chi connectivity index (χ0) is 18.4. The number of methoxy groups -OCH3 is 1. The van der Waals surface area contributed by atoms with Crippen LogP contribution in [0.15, 0.2) is 24.3 Å². The van der Waals surface area contributed by atoms with E-state index in [0.29, 0.717) is 30.8 Å². The number of benzene rings is 1. The number of hydrogen-bond donors (Lipinski definition) is 4. The number of carbonyl (C=O) groups excluding carboxylic acids is 2. The molecule has 2 unspecified atom stereocenters. The Hall–Kier alpha value is -2.97. The highest BCUT2D eigenvalue weighted by Crippen LogP contribution is 2.22. The molecule has 0 spiro atoms. The molecule has 2 rings (SSSR count). The molecule has 136 valence electrons. The number of ether oxygens (including phenoxy) is 1. The van der Waals surface area contributed by atoms with Gasteiger partial charge in [-0.3, -0.25) is 20.4 Å². The molecule has 1 aromatic rings. The van der Waals surface area contributed by atoms with Gasteiger partial charge < -0.3 is 20.1 Å². The van der Waals surface area contributed by atoms with E-state index in [4.69, 9.17) is 9.84 Å². The van der Waals surface area contributed by atoms with Gasteiger partial charge in [0, 0.05) is 6.54 Å². The van der Waals surface area contributed by atoms with Gasteiger partial charge in [0.05, 0.1) is 12.8 Å². The van der Waals surface area contributed by atoms with Crippen molar-refractivity contribution in [2.24, 2.45) is 0 Å². The molecule has 25 heavy (non-hydrogen) atoms. The molecule has 1 saturated heterocycles. The van der Waals surface area contributed by atoms with E-state index in [9.17, 15) is 14.4 Å². The molecule has 0 aliphatic carbocycles. The third kappa shape index (κ3) is 4.52. The first kappa shape index (κ1) is 18.4. The number of anilines is 1. The summed E-state index contributed by atoms with van der Waals surface area (Å²) in [5.74, 6) is -0.938. The number of rotatable bonds is 6. The highest BCUT2D eigenvalue weighted by Gasteiger charge is 2.35. The summed E-state index contributed by atoms with van der Waals surface area (Å²) >= 11 is 0. The molecule has 2 atom stereocenters. The summed E-state index contributed by atoms with van der Waals surface area (Å²) in [6.07, 6.45) is 1.18. The normalized spacial score (nSPS) is 17.5. The van der Waals surface area contributed by atoms with Crippen LogP contribution >= 0.6 is 0 Å². The monoisotopic (exact) mass is 350 g/mol. The van der Waals surface area contributed by atoms with Gasteiger partial charge in [-0.1, -0.05) is 12.1 Å². The van der Waals surface area contributed by atoms with Crippen molar-refractivity contribution in [3.63, 3.8) is 0 Å². The van der Waals surface area contributed by atoms with Crippen LogP contribution < -0.4 is 20.9 Å². The summed E-state index contributed by atoms with van der Waals surface area (Å²) in [7, 11) is 1.52. The summed E-state index contributed by atoms with van der Waals surface area (Å²) in [4.78, 5) is 36.8. The zero-order valence-corrected chi connectivity index (χ0v) is 14.1. The third-order valence-electron chi connectivity index (χ3n) is 3.95. The van der Waals surface area contributed by atoms with Crippen molar-refractivity contribution in [3.05, 3.63) is 24.3 Å². The summed E-state index contributed by atoms with van der Waals surface area (Å²) < 4.78 is 5.18. The number of amides is 3. The Morgan fingerprint density at radius 2 is 2.04 bits per heavy atom. The maximum Gasteiger partial charge on any atom is 0.325 e. The Morgan fingerprint density at radius 3 is 2.72 bits per heavy atom. The highest BCUT2D eigenvalue weighted by atomic mass is 16.5. The van der Waals surface area contributed by atoms with Crippen molar-refractivity contribution in [2.45, 2.75) is 31.8 Å². The summed E-state index contributed by atoms with van der Waals surface area (Å²) in [6, 6.07) is 4.83. The average Bonchev–Trinajstić information content (AvgIpc) is 3.09. The molecule has 1 fully saturated rings. The second-order valence-electron chi connectivity index (χ2n) is 5.68. The Labute approximate surface area is 145 Å². The number of aliphatic carboxylic acids is 1. The van der Waals surface area contributed by atoms with Gasteiger partial charge >= 0.3 is 12.0 Å². The minimum Gasteiger partial charge on any atom is -0.495 e. The third-order valence-corrected chi connectivity index (χ3v) is 3.95. The molecular formula is C16H22N4O5. The maximum atomic E-state index is 12.4. The minimum absolute atomic E-state index is 0.374. The van der Waals surface area contributed by atoms with Crippen molar-refractivity contribution in [3.8, 4) is 5.75 Å². The van der Waals surface area contributed by atoms with Gasteiger partial charge in [0.1, 0.15) is 17.8 Å². The first-order valence-electron chi connectivity index (χ1n) is 7.93. The smallest absolute Gasteiger partial charge is 0.325 e. The lowest BCUT2D eigenvalue weighted by Crippen LogP contribution is -2.53. The fourth-order valence-electron chi connectivity index (χ4n) is 2.57. The lowest BCUT2D eigenvalue weighted by atomic mass is 10.2. The number of likely N-dealkylation sites (tertiary alicyclic amines) is 1. The molecule has 1 aliphatic rings. The first-order chi connectivity index (χ1) is 11.9. The van der Waals surface area contributed by atoms with Crippen molar-refractivity contribution in [1.29, 1.82) is 0 Å². The van der Waals surface area contributed by atoms with E-state index >= 15 is 0 Å². The number of carboxylic acids is 1. The molecule has 4 N–H and O–H groups in total. The number of carboxylic acid groups (broad SMARTS) is 1. The van der Waals surface area contributed by atoms with E-state index in [1.165, 1.54) is 18.9 Å². The Kier molecular flexibility index (Phi) is 6.04. The molecule has 9 nitrogen and oxygen atoms in total. The van der Waals surface area contributed by atoms with Crippen LogP contribution in [0.3, 0.4) is 0 Å². The number of carbonyl (C=O) groups is 3. The van der Waals surface area contributed by atoms with E-state index in [1.54, 1.807) is 24.3 Å². The van der Waals surface area contributed by atoms with Crippen LogP contribution in [0.4, 0.5) is 10.5 Å². The number of hydrazine groups is 1. The Bertz CT molecular complexity index is 651. The zero-order valence-electron chi connectivity index (χ0n) is 14.1. The van der Waals surface area contributed by atoms with Crippen LogP contribution in [0, 0.1) is 0 Å². The van der Waals surface area contributed by atoms with E-state index in [1.807, 2.05) is 0 Å². The standard InChI is InChI=1S/C16H22N4O5/c1-10(15(22)23)17-16(24)20-9-5-7-12(20)14(21)19-18-11-6-3-4-8-13(11)25-2/h3-4,6,8,10,12,18H,5,7,9H2,1-2H3,(H,17,24)(H,19,21)(H,22,23). The summed E-state index contributed by atoms with van der Waals surface area (Å²) in [5.41, 5.74) is 5.94. The molecule has 1 aromatic carbocycles. The second-order valence-corrected chi connectivity index (χ2v) is 5.68. The lowest BCUT2D eigenvalue weighted by Gasteiger charge is -2.25. The molecule has 3 amide bonds. The second kappa shape index (κ2) is 8.22. The predicted octanol–water partition coefficient (Wildman–Crippen LogP) is 0.785. The van der Waals surface area contributed by atoms with E-state index < -0.39 is 24.1 Å². The van der Waals surface area contributed by atoms with E-state index in [0.717, 1.165) is 0 Å². The SMILES string of the molecule is COc1ccccc1NNC(=O)C1CCCN1C(=O)NC(C)C(=O)O. The largest absolute Gasteiger partial charge is 0.495 e. The fourth-order valence-corrected chi connectivity index (χ4v) is 2.57. The first-order valence-corrected chi connectivity index (χ1v) is 7.93. The van der Waals surface area contributed by atoms with Crippen molar-refractivity contribution in [2.75, 3.05) is 19.1 Å². The van der Waals surface area contributed by atoms with Crippen LogP contribution in [-0.4, -0.2) is 53.7 Å². The van der Waals surface area contributed by atoms with Crippen LogP contribution in [-0.2, 0) is 9.59 Å². The maximum absolute atomic E-state index is 12.4. The van der Waals surface area contributed by atoms with Gasteiger partial charge in [-0.15, -0.1) is 0 Å². The molecule has 0 saturated carbocycles. The van der Waals surface area contributed by atoms with Crippen LogP contribution in [0.25, 0.3) is 0 Å². The molecule has 0 aromatic heterocycles. The van der Waals surface area contributed by atoms with Gasteiger partial charge in [0.25, 0.3) is 5.91 Å². The van der Waals surface area contributed by atoms with Crippen LogP contribution in [0.2, 0.25) is 0 Å². The number of nitrogens with zero attached hydrogens (tertiary/aromatic N) is 1. The van der Waals surface area contributed by atoms with Crippen LogP contribution in [0.1, 0.15) is 19.8 Å². The number of para-hydroxylation sites is 2. The van der Waals surface area contributed by atoms with Gasteiger partial charge in [0.2, 0.25) is 0 Å². The van der Waals surface area contributed by atoms with Gasteiger partial charge in [-0.2, -0.15) is 0 Å². The Balaban J connectivity index is 1.96. The molecule has 0 bridgehead atoms. The number of hydrogen-bond acceptors (Lipinski definition) is 5. The molecular weight excluding hydrogens is 328 g/mol. The average molecular weight is 350 g/mol.